The maximum absolute atomic E-state index is 6.09. The molecule has 0 amide bonds. The van der Waals surface area contributed by atoms with E-state index in [4.69, 9.17) is 14.5 Å². The van der Waals surface area contributed by atoms with Crippen LogP contribution in [0.5, 0.6) is 5.75 Å². The number of nitrogens with one attached hydrogen (secondary N) is 1. The van der Waals surface area contributed by atoms with Crippen molar-refractivity contribution in [2.24, 2.45) is 4.99 Å². The predicted molar refractivity (Wildman–Crippen MR) is 101 cm³/mol. The highest BCUT2D eigenvalue weighted by Gasteiger charge is 2.23. The Morgan fingerprint density at radius 3 is 2.72 bits per heavy atom. The molecule has 2 saturated heterocycles. The number of piperidine rings is 1. The minimum Gasteiger partial charge on any atom is -0.490 e. The van der Waals surface area contributed by atoms with Gasteiger partial charge in [0.05, 0.1) is 6.10 Å². The number of nitrogens with zero attached hydrogens (tertiary/aromatic N) is 2. The number of aliphatic imine (C=N–C) groups is 1. The van der Waals surface area contributed by atoms with Crippen LogP contribution in [-0.4, -0.2) is 55.9 Å². The lowest BCUT2D eigenvalue weighted by Gasteiger charge is -2.34. The molecule has 0 spiro atoms. The lowest BCUT2D eigenvalue weighted by Crippen LogP contribution is -2.47. The summed E-state index contributed by atoms with van der Waals surface area (Å²) in [6.45, 7) is 6.77. The average Bonchev–Trinajstić information content (AvgIpc) is 3.16. The van der Waals surface area contributed by atoms with Crippen LogP contribution >= 0.6 is 0 Å². The minimum atomic E-state index is 0.299. The quantitative estimate of drug-likeness (QED) is 0.636. The van der Waals surface area contributed by atoms with E-state index in [-0.39, 0.29) is 0 Å². The third-order valence-corrected chi connectivity index (χ3v) is 4.86. The van der Waals surface area contributed by atoms with E-state index >= 15 is 0 Å². The van der Waals surface area contributed by atoms with Crippen molar-refractivity contribution in [1.29, 1.82) is 0 Å². The van der Waals surface area contributed by atoms with Crippen LogP contribution in [0.25, 0.3) is 0 Å². The number of hydrogen-bond donors (Lipinski definition) is 1. The highest BCUT2D eigenvalue weighted by atomic mass is 16.5. The molecule has 0 aliphatic carbocycles. The molecule has 1 N–H and O–H groups in total. The molecule has 5 heteroatoms. The fraction of sp³-hybridized carbons (Fsp3) is 0.650. The van der Waals surface area contributed by atoms with Gasteiger partial charge >= 0.3 is 0 Å². The van der Waals surface area contributed by atoms with Gasteiger partial charge in [-0.05, 0) is 38.3 Å². The van der Waals surface area contributed by atoms with Gasteiger partial charge in [0.25, 0.3) is 0 Å². The molecule has 2 heterocycles. The Hall–Kier alpha value is -1.75. The second-order valence-corrected chi connectivity index (χ2v) is 6.78. The van der Waals surface area contributed by atoms with Crippen LogP contribution in [0.15, 0.2) is 35.3 Å². The van der Waals surface area contributed by atoms with Crippen molar-refractivity contribution in [2.75, 3.05) is 32.8 Å². The number of ether oxygens (including phenoxy) is 2. The first kappa shape index (κ1) is 18.1. The van der Waals surface area contributed by atoms with E-state index in [1.165, 1.54) is 12.8 Å². The van der Waals surface area contributed by atoms with Crippen molar-refractivity contribution in [3.63, 3.8) is 0 Å². The minimum absolute atomic E-state index is 0.299. The molecule has 1 aromatic rings. The van der Waals surface area contributed by atoms with Crippen LogP contribution in [0.2, 0.25) is 0 Å². The Morgan fingerprint density at radius 2 is 2.04 bits per heavy atom. The Balaban J connectivity index is 1.46. The van der Waals surface area contributed by atoms with Crippen LogP contribution in [0, 0.1) is 0 Å². The molecule has 5 nitrogen and oxygen atoms in total. The summed E-state index contributed by atoms with van der Waals surface area (Å²) in [5.74, 6) is 2.01. The topological polar surface area (TPSA) is 46.1 Å². The third-order valence-electron chi connectivity index (χ3n) is 4.86. The highest BCUT2D eigenvalue weighted by Crippen LogP contribution is 2.19. The Labute approximate surface area is 151 Å². The number of likely N-dealkylation sites (tertiary alicyclic amines) is 1. The van der Waals surface area contributed by atoms with Gasteiger partial charge in [-0.25, -0.2) is 0 Å². The number of rotatable bonds is 6. The Kier molecular flexibility index (Phi) is 6.98. The van der Waals surface area contributed by atoms with Gasteiger partial charge in [-0.1, -0.05) is 18.2 Å². The molecule has 0 aromatic heterocycles. The van der Waals surface area contributed by atoms with E-state index in [0.29, 0.717) is 12.2 Å². The molecule has 2 aliphatic heterocycles. The SMILES string of the molecule is CCNC(=NCCC1CCCO1)N1CCC(Oc2ccccc2)CC1. The van der Waals surface area contributed by atoms with E-state index in [2.05, 4.69) is 17.1 Å². The summed E-state index contributed by atoms with van der Waals surface area (Å²) in [5.41, 5.74) is 0. The van der Waals surface area contributed by atoms with Gasteiger partial charge in [0, 0.05) is 45.6 Å². The first-order valence-corrected chi connectivity index (χ1v) is 9.71. The highest BCUT2D eigenvalue weighted by molar-refractivity contribution is 5.80. The Bertz CT molecular complexity index is 521. The Morgan fingerprint density at radius 1 is 1.24 bits per heavy atom. The molecule has 1 atom stereocenters. The molecular formula is C20H31N3O2. The normalized spacial score (nSPS) is 22.2. The molecule has 3 rings (SSSR count). The molecule has 1 unspecified atom stereocenters. The first-order valence-electron chi connectivity index (χ1n) is 9.71. The fourth-order valence-electron chi connectivity index (χ4n) is 3.49. The molecular weight excluding hydrogens is 314 g/mol. The van der Waals surface area contributed by atoms with Crippen LogP contribution in [-0.2, 0) is 4.74 Å². The standard InChI is InChI=1S/C20H31N3O2/c1-2-21-20(22-13-10-17-9-6-16-24-17)23-14-11-19(12-15-23)25-18-7-4-3-5-8-18/h3-5,7-8,17,19H,2,6,9-16H2,1H3,(H,21,22). The van der Waals surface area contributed by atoms with Crippen molar-refractivity contribution in [3.05, 3.63) is 30.3 Å². The van der Waals surface area contributed by atoms with Crippen LogP contribution in [0.1, 0.15) is 39.0 Å². The molecule has 25 heavy (non-hydrogen) atoms. The fourth-order valence-corrected chi connectivity index (χ4v) is 3.49. The van der Waals surface area contributed by atoms with Crippen LogP contribution < -0.4 is 10.1 Å². The van der Waals surface area contributed by atoms with Gasteiger partial charge in [0.15, 0.2) is 5.96 Å². The molecule has 2 fully saturated rings. The summed E-state index contributed by atoms with van der Waals surface area (Å²) < 4.78 is 11.8. The van der Waals surface area contributed by atoms with Gasteiger partial charge in [-0.15, -0.1) is 0 Å². The predicted octanol–water partition coefficient (Wildman–Crippen LogP) is 3.06. The maximum atomic E-state index is 6.09. The van der Waals surface area contributed by atoms with Gasteiger partial charge in [-0.3, -0.25) is 4.99 Å². The van der Waals surface area contributed by atoms with E-state index in [1.54, 1.807) is 0 Å². The van der Waals surface area contributed by atoms with Crippen LogP contribution in [0.3, 0.4) is 0 Å². The van der Waals surface area contributed by atoms with Gasteiger partial charge in [-0.2, -0.15) is 0 Å². The summed E-state index contributed by atoms with van der Waals surface area (Å²) in [7, 11) is 0. The van der Waals surface area contributed by atoms with Crippen molar-refractivity contribution >= 4 is 5.96 Å². The number of benzene rings is 1. The molecule has 138 valence electrons. The van der Waals surface area contributed by atoms with E-state index in [0.717, 1.165) is 63.8 Å². The monoisotopic (exact) mass is 345 g/mol. The summed E-state index contributed by atoms with van der Waals surface area (Å²) in [6, 6.07) is 10.1. The smallest absolute Gasteiger partial charge is 0.193 e. The lowest BCUT2D eigenvalue weighted by atomic mass is 10.1. The average molecular weight is 345 g/mol. The van der Waals surface area contributed by atoms with Crippen molar-refractivity contribution in [3.8, 4) is 5.75 Å². The summed E-state index contributed by atoms with van der Waals surface area (Å²) in [4.78, 5) is 7.19. The second-order valence-electron chi connectivity index (χ2n) is 6.78. The van der Waals surface area contributed by atoms with E-state index < -0.39 is 0 Å². The zero-order valence-electron chi connectivity index (χ0n) is 15.3. The van der Waals surface area contributed by atoms with Gasteiger partial charge in [0.1, 0.15) is 11.9 Å². The molecule has 0 bridgehead atoms. The summed E-state index contributed by atoms with van der Waals surface area (Å²) in [6.07, 6.45) is 6.20. The van der Waals surface area contributed by atoms with Crippen molar-refractivity contribution < 1.29 is 9.47 Å². The zero-order valence-corrected chi connectivity index (χ0v) is 15.3. The second kappa shape index (κ2) is 9.66. The maximum Gasteiger partial charge on any atom is 0.193 e. The first-order chi connectivity index (χ1) is 12.3. The van der Waals surface area contributed by atoms with Gasteiger partial charge in [0.2, 0.25) is 0 Å². The van der Waals surface area contributed by atoms with Crippen LogP contribution in [0.4, 0.5) is 0 Å². The number of para-hydroxylation sites is 1. The largest absolute Gasteiger partial charge is 0.490 e. The molecule has 0 saturated carbocycles. The third kappa shape index (κ3) is 5.63. The van der Waals surface area contributed by atoms with Crippen molar-refractivity contribution in [1.82, 2.24) is 10.2 Å². The molecule has 1 aromatic carbocycles. The zero-order chi connectivity index (χ0) is 17.3. The van der Waals surface area contributed by atoms with Gasteiger partial charge < -0.3 is 19.7 Å². The molecule has 2 aliphatic rings. The van der Waals surface area contributed by atoms with E-state index in [1.807, 2.05) is 30.3 Å². The molecule has 0 radical (unpaired) electrons. The van der Waals surface area contributed by atoms with Crippen molar-refractivity contribution in [2.45, 2.75) is 51.2 Å². The number of guanidine groups is 1. The van der Waals surface area contributed by atoms with E-state index in [9.17, 15) is 0 Å². The number of hydrogen-bond acceptors (Lipinski definition) is 3. The summed E-state index contributed by atoms with van der Waals surface area (Å²) >= 11 is 0. The summed E-state index contributed by atoms with van der Waals surface area (Å²) in [5, 5.41) is 3.44. The lowest BCUT2D eigenvalue weighted by molar-refractivity contribution is 0.106.